The summed E-state index contributed by atoms with van der Waals surface area (Å²) in [6.07, 6.45) is 0.947. The fourth-order valence-electron chi connectivity index (χ4n) is 0.596. The summed E-state index contributed by atoms with van der Waals surface area (Å²) >= 11 is 1.24. The van der Waals surface area contributed by atoms with Gasteiger partial charge in [0.25, 0.3) is 0 Å². The number of thiazole rings is 1. The van der Waals surface area contributed by atoms with Crippen molar-refractivity contribution >= 4 is 28.2 Å². The lowest BCUT2D eigenvalue weighted by Gasteiger charge is -1.96. The van der Waals surface area contributed by atoms with E-state index in [9.17, 15) is 9.59 Å². The summed E-state index contributed by atoms with van der Waals surface area (Å²) < 4.78 is 0. The van der Waals surface area contributed by atoms with E-state index in [-0.39, 0.29) is 0 Å². The van der Waals surface area contributed by atoms with Gasteiger partial charge in [0, 0.05) is 0 Å². The second-order valence-corrected chi connectivity index (χ2v) is 2.87. The number of amides is 1. The van der Waals surface area contributed by atoms with Crippen LogP contribution in [0.15, 0.2) is 11.7 Å². The molecule has 0 aliphatic rings. The van der Waals surface area contributed by atoms with Crippen LogP contribution in [-0.4, -0.2) is 22.0 Å². The molecular weight excluding hydrogens is 180 g/mol. The van der Waals surface area contributed by atoms with Crippen LogP contribution in [0.4, 0.5) is 5.00 Å². The minimum Gasteiger partial charge on any atom is -0.481 e. The molecule has 64 valence electrons. The molecule has 0 aromatic carbocycles. The number of anilines is 1. The van der Waals surface area contributed by atoms with Gasteiger partial charge in [-0.3, -0.25) is 14.6 Å². The van der Waals surface area contributed by atoms with E-state index in [0.717, 1.165) is 0 Å². The van der Waals surface area contributed by atoms with Crippen molar-refractivity contribution in [3.05, 3.63) is 11.7 Å². The van der Waals surface area contributed by atoms with Crippen LogP contribution in [-0.2, 0) is 9.59 Å². The molecule has 5 nitrogen and oxygen atoms in total. The summed E-state index contributed by atoms with van der Waals surface area (Å²) in [5, 5.41) is 11.2. The molecule has 0 fully saturated rings. The van der Waals surface area contributed by atoms with Crippen molar-refractivity contribution in [1.82, 2.24) is 4.98 Å². The van der Waals surface area contributed by atoms with Gasteiger partial charge in [0.1, 0.15) is 11.4 Å². The van der Waals surface area contributed by atoms with Crippen LogP contribution >= 0.6 is 11.3 Å². The second kappa shape index (κ2) is 3.82. The lowest BCUT2D eigenvalue weighted by Crippen LogP contribution is -2.14. The standard InChI is InChI=1S/C6H6N2O3S/c9-4(1-6(10)11)8-5-2-7-3-12-5/h2-3H,1H2,(H,8,9)(H,10,11). The van der Waals surface area contributed by atoms with Gasteiger partial charge in [-0.05, 0) is 0 Å². The van der Waals surface area contributed by atoms with Gasteiger partial charge in [-0.15, -0.1) is 11.3 Å². The second-order valence-electron chi connectivity index (χ2n) is 1.98. The number of aromatic nitrogens is 1. The first kappa shape index (κ1) is 8.66. The zero-order valence-corrected chi connectivity index (χ0v) is 6.80. The third-order valence-electron chi connectivity index (χ3n) is 1.01. The largest absolute Gasteiger partial charge is 0.481 e. The Bertz CT molecular complexity index is 283. The van der Waals surface area contributed by atoms with Crippen molar-refractivity contribution in [2.24, 2.45) is 0 Å². The van der Waals surface area contributed by atoms with Gasteiger partial charge in [-0.1, -0.05) is 0 Å². The topological polar surface area (TPSA) is 79.3 Å². The minimum absolute atomic E-state index is 0.516. The first-order chi connectivity index (χ1) is 5.68. The number of nitrogens with one attached hydrogen (secondary N) is 1. The van der Waals surface area contributed by atoms with Gasteiger partial charge in [0.05, 0.1) is 11.7 Å². The maximum atomic E-state index is 10.8. The minimum atomic E-state index is -1.14. The Labute approximate surface area is 72.1 Å². The molecule has 1 heterocycles. The molecule has 12 heavy (non-hydrogen) atoms. The molecule has 0 atom stereocenters. The molecule has 0 unspecified atom stereocenters. The highest BCUT2D eigenvalue weighted by Crippen LogP contribution is 2.11. The van der Waals surface area contributed by atoms with Crippen molar-refractivity contribution in [3.8, 4) is 0 Å². The molecule has 6 heteroatoms. The maximum Gasteiger partial charge on any atom is 0.312 e. The van der Waals surface area contributed by atoms with E-state index < -0.39 is 18.3 Å². The van der Waals surface area contributed by atoms with E-state index in [4.69, 9.17) is 5.11 Å². The lowest BCUT2D eigenvalue weighted by atomic mass is 10.4. The van der Waals surface area contributed by atoms with E-state index in [1.165, 1.54) is 17.5 Å². The Morgan fingerprint density at radius 2 is 2.42 bits per heavy atom. The number of carbonyl (C=O) groups is 2. The molecule has 0 saturated carbocycles. The Balaban J connectivity index is 2.42. The molecule has 2 N–H and O–H groups in total. The van der Waals surface area contributed by atoms with Crippen LogP contribution < -0.4 is 5.32 Å². The van der Waals surface area contributed by atoms with E-state index in [1.54, 1.807) is 5.51 Å². The predicted octanol–water partition coefficient (Wildman–Crippen LogP) is 0.556. The van der Waals surface area contributed by atoms with Crippen molar-refractivity contribution in [3.63, 3.8) is 0 Å². The molecular formula is C6H6N2O3S. The lowest BCUT2D eigenvalue weighted by molar-refractivity contribution is -0.139. The highest BCUT2D eigenvalue weighted by molar-refractivity contribution is 7.13. The molecule has 0 aliphatic carbocycles. The fraction of sp³-hybridized carbons (Fsp3) is 0.167. The van der Waals surface area contributed by atoms with Crippen molar-refractivity contribution in [2.75, 3.05) is 5.32 Å². The van der Waals surface area contributed by atoms with Crippen LogP contribution in [0, 0.1) is 0 Å². The van der Waals surface area contributed by atoms with Crippen molar-refractivity contribution < 1.29 is 14.7 Å². The molecule has 0 bridgehead atoms. The molecule has 0 radical (unpaired) electrons. The highest BCUT2D eigenvalue weighted by Gasteiger charge is 2.07. The zero-order chi connectivity index (χ0) is 8.97. The van der Waals surface area contributed by atoms with E-state index >= 15 is 0 Å². The monoisotopic (exact) mass is 186 g/mol. The summed E-state index contributed by atoms with van der Waals surface area (Å²) in [7, 11) is 0. The fourth-order valence-corrected chi connectivity index (χ4v) is 1.13. The number of carboxylic acids is 1. The summed E-state index contributed by atoms with van der Waals surface area (Å²) in [4.78, 5) is 24.6. The number of rotatable bonds is 3. The Morgan fingerprint density at radius 3 is 2.92 bits per heavy atom. The van der Waals surface area contributed by atoms with Crippen molar-refractivity contribution in [1.29, 1.82) is 0 Å². The first-order valence-corrected chi connectivity index (χ1v) is 3.96. The van der Waals surface area contributed by atoms with Crippen LogP contribution in [0.2, 0.25) is 0 Å². The summed E-state index contributed by atoms with van der Waals surface area (Å²) in [5.74, 6) is -1.68. The number of nitrogens with zero attached hydrogens (tertiary/aromatic N) is 1. The molecule has 1 aromatic rings. The predicted molar refractivity (Wildman–Crippen MR) is 43.0 cm³/mol. The number of aliphatic carboxylic acids is 1. The summed E-state index contributed by atoms with van der Waals surface area (Å²) in [6, 6.07) is 0. The number of hydrogen-bond acceptors (Lipinski definition) is 4. The Kier molecular flexibility index (Phi) is 2.76. The van der Waals surface area contributed by atoms with Gasteiger partial charge >= 0.3 is 5.97 Å². The van der Waals surface area contributed by atoms with Gasteiger partial charge in [-0.2, -0.15) is 0 Å². The molecule has 1 rings (SSSR count). The van der Waals surface area contributed by atoms with Crippen LogP contribution in [0.5, 0.6) is 0 Å². The summed E-state index contributed by atoms with van der Waals surface area (Å²) in [6.45, 7) is 0. The van der Waals surface area contributed by atoms with Gasteiger partial charge in [0.15, 0.2) is 0 Å². The normalized spacial score (nSPS) is 9.33. The van der Waals surface area contributed by atoms with Crippen LogP contribution in [0.25, 0.3) is 0 Å². The van der Waals surface area contributed by atoms with Crippen LogP contribution in [0.1, 0.15) is 6.42 Å². The smallest absolute Gasteiger partial charge is 0.312 e. The van der Waals surface area contributed by atoms with Crippen LogP contribution in [0.3, 0.4) is 0 Å². The number of carbonyl (C=O) groups excluding carboxylic acids is 1. The highest BCUT2D eigenvalue weighted by atomic mass is 32.1. The zero-order valence-electron chi connectivity index (χ0n) is 5.98. The molecule has 0 spiro atoms. The molecule has 1 aromatic heterocycles. The SMILES string of the molecule is O=C(O)CC(=O)Nc1cncs1. The molecule has 0 aliphatic heterocycles. The third kappa shape index (κ3) is 2.67. The van der Waals surface area contributed by atoms with Gasteiger partial charge in [-0.25, -0.2) is 0 Å². The Hall–Kier alpha value is -1.43. The summed E-state index contributed by atoms with van der Waals surface area (Å²) in [5.41, 5.74) is 1.55. The quantitative estimate of drug-likeness (QED) is 0.676. The average Bonchev–Trinajstić information content (AvgIpc) is 2.37. The van der Waals surface area contributed by atoms with Gasteiger partial charge < -0.3 is 10.4 Å². The van der Waals surface area contributed by atoms with E-state index in [2.05, 4.69) is 10.3 Å². The molecule has 0 saturated heterocycles. The van der Waals surface area contributed by atoms with E-state index in [0.29, 0.717) is 5.00 Å². The maximum absolute atomic E-state index is 10.8. The molecule has 1 amide bonds. The van der Waals surface area contributed by atoms with Crippen molar-refractivity contribution in [2.45, 2.75) is 6.42 Å². The number of carboxylic acid groups (broad SMARTS) is 1. The third-order valence-corrected chi connectivity index (χ3v) is 1.70. The first-order valence-electron chi connectivity index (χ1n) is 3.08. The Morgan fingerprint density at radius 1 is 1.67 bits per heavy atom. The van der Waals surface area contributed by atoms with E-state index in [1.807, 2.05) is 0 Å². The average molecular weight is 186 g/mol. The van der Waals surface area contributed by atoms with Gasteiger partial charge in [0.2, 0.25) is 5.91 Å². The number of hydrogen-bond donors (Lipinski definition) is 2.